The van der Waals surface area contributed by atoms with Gasteiger partial charge in [-0.05, 0) is 20.3 Å². The zero-order valence-corrected chi connectivity index (χ0v) is 12.0. The van der Waals surface area contributed by atoms with Crippen molar-refractivity contribution in [1.29, 1.82) is 0 Å². The van der Waals surface area contributed by atoms with E-state index in [0.29, 0.717) is 4.68 Å². The van der Waals surface area contributed by atoms with Crippen LogP contribution in [0.5, 0.6) is 0 Å². The van der Waals surface area contributed by atoms with Crippen LogP contribution < -0.4 is 5.32 Å². The number of carboxylic acids is 1. The standard InChI is InChI=1S/C12H18F2N4O3/c1-4-5-6(2)15-11(19)7(3)18-9(10(13)14)8(12(20)21)16-17-18/h6-7,10H,4-5H2,1-3H3,(H,15,19)(H,20,21). The molecule has 2 N–H and O–H groups in total. The first-order chi connectivity index (χ1) is 9.79. The van der Waals surface area contributed by atoms with E-state index in [-0.39, 0.29) is 6.04 Å². The first-order valence-electron chi connectivity index (χ1n) is 6.56. The normalized spacial score (nSPS) is 14.0. The van der Waals surface area contributed by atoms with Crippen molar-refractivity contribution in [2.75, 3.05) is 0 Å². The lowest BCUT2D eigenvalue weighted by Gasteiger charge is -2.18. The van der Waals surface area contributed by atoms with E-state index in [1.54, 1.807) is 6.92 Å². The molecule has 1 aromatic rings. The SMILES string of the molecule is CCCC(C)NC(=O)C(C)n1nnc(C(=O)O)c1C(F)F. The topological polar surface area (TPSA) is 97.1 Å². The summed E-state index contributed by atoms with van der Waals surface area (Å²) >= 11 is 0. The Kier molecular flexibility index (Phi) is 5.74. The van der Waals surface area contributed by atoms with Crippen LogP contribution in [0.3, 0.4) is 0 Å². The van der Waals surface area contributed by atoms with Crippen molar-refractivity contribution in [2.45, 2.75) is 52.1 Å². The Hall–Kier alpha value is -2.06. The third-order valence-corrected chi connectivity index (χ3v) is 3.00. The number of amides is 1. The molecule has 1 aromatic heterocycles. The van der Waals surface area contributed by atoms with Crippen LogP contribution in [0.25, 0.3) is 0 Å². The van der Waals surface area contributed by atoms with Crippen LogP contribution in [0.2, 0.25) is 0 Å². The molecule has 0 saturated carbocycles. The van der Waals surface area contributed by atoms with E-state index in [1.165, 1.54) is 6.92 Å². The Morgan fingerprint density at radius 3 is 2.48 bits per heavy atom. The number of hydrogen-bond acceptors (Lipinski definition) is 4. The number of aromatic nitrogens is 3. The molecule has 0 radical (unpaired) electrons. The van der Waals surface area contributed by atoms with Gasteiger partial charge in [0.2, 0.25) is 5.91 Å². The van der Waals surface area contributed by atoms with Crippen LogP contribution >= 0.6 is 0 Å². The van der Waals surface area contributed by atoms with E-state index >= 15 is 0 Å². The minimum absolute atomic E-state index is 0.109. The van der Waals surface area contributed by atoms with Crippen LogP contribution in [0.4, 0.5) is 8.78 Å². The highest BCUT2D eigenvalue weighted by Crippen LogP contribution is 2.24. The highest BCUT2D eigenvalue weighted by atomic mass is 19.3. The van der Waals surface area contributed by atoms with Gasteiger partial charge in [-0.1, -0.05) is 18.6 Å². The van der Waals surface area contributed by atoms with Crippen molar-refractivity contribution in [3.63, 3.8) is 0 Å². The quantitative estimate of drug-likeness (QED) is 0.800. The maximum absolute atomic E-state index is 13.0. The summed E-state index contributed by atoms with van der Waals surface area (Å²) in [6.07, 6.45) is -1.47. The molecule has 118 valence electrons. The molecule has 0 spiro atoms. The second kappa shape index (κ2) is 7.09. The summed E-state index contributed by atoms with van der Waals surface area (Å²) in [6.45, 7) is 5.11. The molecule has 0 aliphatic heterocycles. The number of carboxylic acid groups (broad SMARTS) is 1. The Morgan fingerprint density at radius 2 is 2.00 bits per heavy atom. The van der Waals surface area contributed by atoms with Gasteiger partial charge in [0.05, 0.1) is 0 Å². The second-order valence-electron chi connectivity index (χ2n) is 4.75. The van der Waals surface area contributed by atoms with E-state index in [1.807, 2.05) is 6.92 Å². The summed E-state index contributed by atoms with van der Waals surface area (Å²) < 4.78 is 26.6. The molecule has 0 aliphatic rings. The lowest BCUT2D eigenvalue weighted by molar-refractivity contribution is -0.125. The molecule has 1 rings (SSSR count). The largest absolute Gasteiger partial charge is 0.476 e. The molecule has 0 bridgehead atoms. The minimum atomic E-state index is -3.09. The van der Waals surface area contributed by atoms with Crippen molar-refractivity contribution in [3.8, 4) is 0 Å². The molecule has 0 aromatic carbocycles. The predicted molar refractivity (Wildman–Crippen MR) is 69.2 cm³/mol. The summed E-state index contributed by atoms with van der Waals surface area (Å²) in [7, 11) is 0. The minimum Gasteiger partial charge on any atom is -0.476 e. The summed E-state index contributed by atoms with van der Waals surface area (Å²) in [5, 5.41) is 18.1. The van der Waals surface area contributed by atoms with Crippen molar-refractivity contribution in [2.24, 2.45) is 0 Å². The number of carbonyl (C=O) groups excluding carboxylic acids is 1. The van der Waals surface area contributed by atoms with Gasteiger partial charge in [0, 0.05) is 6.04 Å². The summed E-state index contributed by atoms with van der Waals surface area (Å²) in [5.41, 5.74) is -1.71. The van der Waals surface area contributed by atoms with Gasteiger partial charge in [-0.15, -0.1) is 5.10 Å². The smallest absolute Gasteiger partial charge is 0.358 e. The fourth-order valence-electron chi connectivity index (χ4n) is 1.92. The van der Waals surface area contributed by atoms with Crippen LogP contribution in [-0.2, 0) is 4.79 Å². The Bertz CT molecular complexity index is 519. The number of alkyl halides is 2. The van der Waals surface area contributed by atoms with Gasteiger partial charge in [-0.3, -0.25) is 4.79 Å². The van der Waals surface area contributed by atoms with Gasteiger partial charge >= 0.3 is 5.97 Å². The van der Waals surface area contributed by atoms with Gasteiger partial charge in [0.15, 0.2) is 5.69 Å². The molecule has 21 heavy (non-hydrogen) atoms. The van der Waals surface area contributed by atoms with Crippen LogP contribution in [-0.4, -0.2) is 38.0 Å². The molecule has 0 aliphatic carbocycles. The molecular formula is C12H18F2N4O3. The molecule has 2 unspecified atom stereocenters. The van der Waals surface area contributed by atoms with Crippen molar-refractivity contribution < 1.29 is 23.5 Å². The van der Waals surface area contributed by atoms with E-state index in [0.717, 1.165) is 12.8 Å². The molecule has 7 nitrogen and oxygen atoms in total. The van der Waals surface area contributed by atoms with Crippen LogP contribution in [0.1, 0.15) is 62.3 Å². The van der Waals surface area contributed by atoms with Crippen molar-refractivity contribution in [1.82, 2.24) is 20.3 Å². The molecule has 1 heterocycles. The number of aromatic carboxylic acids is 1. The first kappa shape index (κ1) is 17.0. The molecule has 0 saturated heterocycles. The average Bonchev–Trinajstić information content (AvgIpc) is 2.82. The molecule has 9 heteroatoms. The fraction of sp³-hybridized carbons (Fsp3) is 0.667. The molecular weight excluding hydrogens is 286 g/mol. The van der Waals surface area contributed by atoms with Crippen molar-refractivity contribution >= 4 is 11.9 Å². The maximum Gasteiger partial charge on any atom is 0.358 e. The Balaban J connectivity index is 2.99. The van der Waals surface area contributed by atoms with E-state index in [2.05, 4.69) is 15.6 Å². The summed E-state index contributed by atoms with van der Waals surface area (Å²) in [6, 6.07) is -1.18. The zero-order chi connectivity index (χ0) is 16.2. The fourth-order valence-corrected chi connectivity index (χ4v) is 1.92. The van der Waals surface area contributed by atoms with Gasteiger partial charge in [-0.2, -0.15) is 0 Å². The molecule has 2 atom stereocenters. The van der Waals surface area contributed by atoms with Gasteiger partial charge in [0.1, 0.15) is 11.7 Å². The first-order valence-corrected chi connectivity index (χ1v) is 6.56. The number of nitrogens with one attached hydrogen (secondary N) is 1. The van der Waals surface area contributed by atoms with Gasteiger partial charge in [0.25, 0.3) is 6.43 Å². The van der Waals surface area contributed by atoms with E-state index < -0.39 is 35.7 Å². The van der Waals surface area contributed by atoms with E-state index in [4.69, 9.17) is 5.11 Å². The maximum atomic E-state index is 13.0. The number of halogens is 2. The number of hydrogen-bond donors (Lipinski definition) is 2. The third kappa shape index (κ3) is 3.96. The summed E-state index contributed by atoms with van der Waals surface area (Å²) in [4.78, 5) is 22.8. The van der Waals surface area contributed by atoms with Crippen molar-refractivity contribution in [3.05, 3.63) is 11.4 Å². The second-order valence-corrected chi connectivity index (χ2v) is 4.75. The van der Waals surface area contributed by atoms with Gasteiger partial charge < -0.3 is 10.4 Å². The molecule has 0 fully saturated rings. The Labute approximate surface area is 120 Å². The number of rotatable bonds is 7. The van der Waals surface area contributed by atoms with Crippen LogP contribution in [0, 0.1) is 0 Å². The monoisotopic (exact) mass is 304 g/mol. The molecule has 1 amide bonds. The highest BCUT2D eigenvalue weighted by Gasteiger charge is 2.30. The average molecular weight is 304 g/mol. The third-order valence-electron chi connectivity index (χ3n) is 3.00. The number of nitrogens with zero attached hydrogens (tertiary/aromatic N) is 3. The Morgan fingerprint density at radius 1 is 1.38 bits per heavy atom. The number of carbonyl (C=O) groups is 2. The predicted octanol–water partition coefficient (Wildman–Crippen LogP) is 1.78. The summed E-state index contributed by atoms with van der Waals surface area (Å²) in [5.74, 6) is -2.12. The lowest BCUT2D eigenvalue weighted by atomic mass is 10.2. The van der Waals surface area contributed by atoms with Gasteiger partial charge in [-0.25, -0.2) is 18.3 Å². The van der Waals surface area contributed by atoms with Crippen LogP contribution in [0.15, 0.2) is 0 Å². The highest BCUT2D eigenvalue weighted by molar-refractivity contribution is 5.87. The zero-order valence-electron chi connectivity index (χ0n) is 12.0. The lowest BCUT2D eigenvalue weighted by Crippen LogP contribution is -2.38. The van der Waals surface area contributed by atoms with E-state index in [9.17, 15) is 18.4 Å².